The van der Waals surface area contributed by atoms with Gasteiger partial charge in [0.1, 0.15) is 0 Å². The summed E-state index contributed by atoms with van der Waals surface area (Å²) in [6.45, 7) is 6.28. The first-order valence-corrected chi connectivity index (χ1v) is 8.38. The Labute approximate surface area is 124 Å². The molecule has 2 atom stereocenters. The average Bonchev–Trinajstić information content (AvgIpc) is 3.00. The predicted molar refractivity (Wildman–Crippen MR) is 84.3 cm³/mol. The van der Waals surface area contributed by atoms with Gasteiger partial charge in [-0.3, -0.25) is 4.68 Å². The third-order valence-electron chi connectivity index (χ3n) is 3.54. The van der Waals surface area contributed by atoms with E-state index in [-0.39, 0.29) is 6.03 Å². The number of nitrogens with one attached hydrogen (secondary N) is 2. The van der Waals surface area contributed by atoms with Gasteiger partial charge in [-0.1, -0.05) is 13.3 Å². The molecule has 5 nitrogen and oxygen atoms in total. The number of hydrogen-bond acceptors (Lipinski definition) is 3. The number of carbonyl (C=O) groups is 1. The van der Waals surface area contributed by atoms with Crippen LogP contribution in [-0.4, -0.2) is 32.9 Å². The van der Waals surface area contributed by atoms with E-state index in [1.165, 1.54) is 12.8 Å². The minimum atomic E-state index is -0.123. The smallest absolute Gasteiger partial charge is 0.319 e. The van der Waals surface area contributed by atoms with Crippen LogP contribution in [0, 0.1) is 0 Å². The molecule has 1 aromatic rings. The van der Waals surface area contributed by atoms with Crippen LogP contribution in [0.5, 0.6) is 0 Å². The Morgan fingerprint density at radius 1 is 1.55 bits per heavy atom. The van der Waals surface area contributed by atoms with Gasteiger partial charge in [-0.05, 0) is 32.4 Å². The Bertz CT molecular complexity index is 446. The monoisotopic (exact) mass is 296 g/mol. The van der Waals surface area contributed by atoms with Gasteiger partial charge in [-0.25, -0.2) is 4.79 Å². The number of urea groups is 1. The molecule has 1 heterocycles. The van der Waals surface area contributed by atoms with Crippen LogP contribution >= 0.6 is 11.8 Å². The quantitative estimate of drug-likeness (QED) is 0.877. The largest absolute Gasteiger partial charge is 0.334 e. The van der Waals surface area contributed by atoms with E-state index in [0.29, 0.717) is 17.3 Å². The van der Waals surface area contributed by atoms with Crippen molar-refractivity contribution in [2.75, 3.05) is 11.1 Å². The molecular weight excluding hydrogens is 272 g/mol. The molecule has 1 aliphatic rings. The fourth-order valence-electron chi connectivity index (χ4n) is 2.53. The summed E-state index contributed by atoms with van der Waals surface area (Å²) in [5.74, 6) is 1.10. The maximum atomic E-state index is 12.0. The van der Waals surface area contributed by atoms with Crippen LogP contribution in [-0.2, 0) is 0 Å². The number of rotatable bonds is 5. The zero-order valence-corrected chi connectivity index (χ0v) is 13.2. The fourth-order valence-corrected chi connectivity index (χ4v) is 3.72. The van der Waals surface area contributed by atoms with E-state index in [4.69, 9.17) is 0 Å². The first-order chi connectivity index (χ1) is 9.60. The van der Waals surface area contributed by atoms with Crippen LogP contribution in [0.3, 0.4) is 0 Å². The minimum absolute atomic E-state index is 0.123. The van der Waals surface area contributed by atoms with Crippen molar-refractivity contribution in [3.63, 3.8) is 0 Å². The van der Waals surface area contributed by atoms with Crippen molar-refractivity contribution in [1.29, 1.82) is 0 Å². The lowest BCUT2D eigenvalue weighted by Crippen LogP contribution is -2.41. The summed E-state index contributed by atoms with van der Waals surface area (Å²) in [4.78, 5) is 12.0. The number of nitrogens with zero attached hydrogens (tertiary/aromatic N) is 2. The van der Waals surface area contributed by atoms with E-state index >= 15 is 0 Å². The van der Waals surface area contributed by atoms with Gasteiger partial charge in [0.05, 0.1) is 11.9 Å². The molecule has 20 heavy (non-hydrogen) atoms. The SMILES string of the molecule is CCSC1CCCC1NC(=O)Nc1cnn(C(C)C)c1. The molecule has 2 N–H and O–H groups in total. The number of carbonyl (C=O) groups excluding carboxylic acids is 1. The lowest BCUT2D eigenvalue weighted by molar-refractivity contribution is 0.249. The van der Waals surface area contributed by atoms with Crippen molar-refractivity contribution < 1.29 is 4.79 Å². The third kappa shape index (κ3) is 3.91. The Hall–Kier alpha value is -1.17. The second-order valence-corrected chi connectivity index (χ2v) is 6.95. The molecule has 1 aliphatic carbocycles. The highest BCUT2D eigenvalue weighted by Gasteiger charge is 2.28. The fraction of sp³-hybridized carbons (Fsp3) is 0.714. The highest BCUT2D eigenvalue weighted by molar-refractivity contribution is 7.99. The number of thioether (sulfide) groups is 1. The molecule has 2 rings (SSSR count). The van der Waals surface area contributed by atoms with Gasteiger partial charge in [0.15, 0.2) is 0 Å². The summed E-state index contributed by atoms with van der Waals surface area (Å²) in [6.07, 6.45) is 7.03. The normalized spacial score (nSPS) is 22.2. The van der Waals surface area contributed by atoms with Crippen LogP contribution in [0.2, 0.25) is 0 Å². The van der Waals surface area contributed by atoms with E-state index in [2.05, 4.69) is 36.5 Å². The molecule has 0 aliphatic heterocycles. The Morgan fingerprint density at radius 2 is 2.35 bits per heavy atom. The number of amides is 2. The molecule has 0 spiro atoms. The topological polar surface area (TPSA) is 59.0 Å². The Kier molecular flexibility index (Phi) is 5.34. The second kappa shape index (κ2) is 7.02. The second-order valence-electron chi connectivity index (χ2n) is 5.43. The van der Waals surface area contributed by atoms with Crippen LogP contribution in [0.1, 0.15) is 46.1 Å². The zero-order valence-electron chi connectivity index (χ0n) is 12.4. The van der Waals surface area contributed by atoms with Gasteiger partial charge in [0.2, 0.25) is 0 Å². The summed E-state index contributed by atoms with van der Waals surface area (Å²) in [5, 5.41) is 10.7. The van der Waals surface area contributed by atoms with Crippen molar-refractivity contribution in [2.45, 2.75) is 57.4 Å². The van der Waals surface area contributed by atoms with Gasteiger partial charge >= 0.3 is 6.03 Å². The summed E-state index contributed by atoms with van der Waals surface area (Å²) in [6, 6.07) is 0.468. The molecule has 2 unspecified atom stereocenters. The van der Waals surface area contributed by atoms with Crippen molar-refractivity contribution in [1.82, 2.24) is 15.1 Å². The molecule has 0 bridgehead atoms. The maximum Gasteiger partial charge on any atom is 0.319 e. The number of anilines is 1. The van der Waals surface area contributed by atoms with Gasteiger partial charge < -0.3 is 10.6 Å². The molecule has 0 radical (unpaired) electrons. The highest BCUT2D eigenvalue weighted by Crippen LogP contribution is 2.29. The molecule has 0 saturated heterocycles. The molecule has 2 amide bonds. The van der Waals surface area contributed by atoms with Crippen LogP contribution < -0.4 is 10.6 Å². The standard InChI is InChI=1S/C14H24N4OS/c1-4-20-13-7-5-6-12(13)17-14(19)16-11-8-15-18(9-11)10(2)3/h8-10,12-13H,4-7H2,1-3H3,(H2,16,17,19). The van der Waals surface area contributed by atoms with Gasteiger partial charge in [-0.15, -0.1) is 0 Å². The molecule has 1 saturated carbocycles. The Morgan fingerprint density at radius 3 is 3.00 bits per heavy atom. The van der Waals surface area contributed by atoms with E-state index in [1.807, 2.05) is 22.6 Å². The predicted octanol–water partition coefficient (Wildman–Crippen LogP) is 3.26. The third-order valence-corrected chi connectivity index (χ3v) is 4.86. The van der Waals surface area contributed by atoms with E-state index < -0.39 is 0 Å². The highest BCUT2D eigenvalue weighted by atomic mass is 32.2. The molecular formula is C14H24N4OS. The zero-order chi connectivity index (χ0) is 14.5. The van der Waals surface area contributed by atoms with E-state index in [0.717, 1.165) is 17.9 Å². The van der Waals surface area contributed by atoms with E-state index in [1.54, 1.807) is 6.20 Å². The molecule has 6 heteroatoms. The Balaban J connectivity index is 1.85. The summed E-state index contributed by atoms with van der Waals surface area (Å²) in [7, 11) is 0. The molecule has 1 aromatic heterocycles. The van der Waals surface area contributed by atoms with Crippen LogP contribution in [0.4, 0.5) is 10.5 Å². The average molecular weight is 296 g/mol. The summed E-state index contributed by atoms with van der Waals surface area (Å²) >= 11 is 1.94. The van der Waals surface area contributed by atoms with Crippen molar-refractivity contribution in [3.05, 3.63) is 12.4 Å². The molecule has 1 fully saturated rings. The lowest BCUT2D eigenvalue weighted by atomic mass is 10.2. The van der Waals surface area contributed by atoms with Crippen LogP contribution in [0.25, 0.3) is 0 Å². The van der Waals surface area contributed by atoms with Crippen molar-refractivity contribution >= 4 is 23.5 Å². The molecule has 0 aromatic carbocycles. The van der Waals surface area contributed by atoms with E-state index in [9.17, 15) is 4.79 Å². The minimum Gasteiger partial charge on any atom is -0.334 e. The van der Waals surface area contributed by atoms with Gasteiger partial charge in [0, 0.05) is 23.5 Å². The van der Waals surface area contributed by atoms with Gasteiger partial charge in [-0.2, -0.15) is 16.9 Å². The van der Waals surface area contributed by atoms with Gasteiger partial charge in [0.25, 0.3) is 0 Å². The summed E-state index contributed by atoms with van der Waals surface area (Å²) < 4.78 is 1.83. The van der Waals surface area contributed by atoms with Crippen LogP contribution in [0.15, 0.2) is 12.4 Å². The number of hydrogen-bond donors (Lipinski definition) is 2. The summed E-state index contributed by atoms with van der Waals surface area (Å²) in [5.41, 5.74) is 0.744. The van der Waals surface area contributed by atoms with Crippen molar-refractivity contribution in [3.8, 4) is 0 Å². The number of aromatic nitrogens is 2. The van der Waals surface area contributed by atoms with Crippen molar-refractivity contribution in [2.24, 2.45) is 0 Å². The lowest BCUT2D eigenvalue weighted by Gasteiger charge is -2.20. The first-order valence-electron chi connectivity index (χ1n) is 7.33. The maximum absolute atomic E-state index is 12.0. The first kappa shape index (κ1) is 15.2. The molecule has 112 valence electrons.